The van der Waals surface area contributed by atoms with Gasteiger partial charge in [-0.25, -0.2) is 0 Å². The molecule has 3 heteroatoms. The van der Waals surface area contributed by atoms with Gasteiger partial charge in [-0.2, -0.15) is 0 Å². The van der Waals surface area contributed by atoms with Gasteiger partial charge in [0.05, 0.1) is 5.69 Å². The van der Waals surface area contributed by atoms with Crippen LogP contribution in [0.5, 0.6) is 0 Å². The number of hydrogen-bond donors (Lipinski definition) is 1. The lowest BCUT2D eigenvalue weighted by molar-refractivity contribution is 0.598. The summed E-state index contributed by atoms with van der Waals surface area (Å²) in [5.74, 6) is 1.20. The third kappa shape index (κ3) is 2.61. The van der Waals surface area contributed by atoms with Crippen molar-refractivity contribution in [2.24, 2.45) is 0 Å². The molecule has 1 aliphatic rings. The maximum atomic E-state index is 3.24. The van der Waals surface area contributed by atoms with Crippen LogP contribution >= 0.6 is 11.8 Å². The molecule has 0 aliphatic carbocycles. The minimum Gasteiger partial charge on any atom is -0.370 e. The van der Waals surface area contributed by atoms with E-state index in [2.05, 4.69) is 43.2 Å². The molecule has 0 fully saturated rings. The molecule has 0 spiro atoms. The van der Waals surface area contributed by atoms with E-state index in [1.807, 2.05) is 18.8 Å². The molecule has 0 aromatic heterocycles. The Morgan fingerprint density at radius 1 is 1.35 bits per heavy atom. The Bertz CT molecular complexity index is 403. The molecule has 2 nitrogen and oxygen atoms in total. The molecule has 0 saturated heterocycles. The second-order valence-electron chi connectivity index (χ2n) is 4.87. The van der Waals surface area contributed by atoms with E-state index in [1.165, 1.54) is 33.9 Å². The Labute approximate surface area is 109 Å². The molecule has 1 aromatic rings. The molecule has 1 N–H and O–H groups in total. The van der Waals surface area contributed by atoms with Crippen molar-refractivity contribution < 1.29 is 0 Å². The van der Waals surface area contributed by atoms with E-state index in [0.717, 1.165) is 6.54 Å². The summed E-state index contributed by atoms with van der Waals surface area (Å²) >= 11 is 2.00. The van der Waals surface area contributed by atoms with Crippen LogP contribution in [0, 0.1) is 13.8 Å². The van der Waals surface area contributed by atoms with Gasteiger partial charge in [0.15, 0.2) is 0 Å². The first-order valence-corrected chi connectivity index (χ1v) is 7.23. The molecule has 1 aliphatic heterocycles. The van der Waals surface area contributed by atoms with E-state index in [0.29, 0.717) is 6.04 Å². The Kier molecular flexibility index (Phi) is 4.00. The Morgan fingerprint density at radius 3 is 2.76 bits per heavy atom. The van der Waals surface area contributed by atoms with Crippen molar-refractivity contribution in [2.45, 2.75) is 31.2 Å². The number of hydrogen-bond acceptors (Lipinski definition) is 3. The van der Waals surface area contributed by atoms with Crippen LogP contribution in [0.4, 0.5) is 5.69 Å². The van der Waals surface area contributed by atoms with Crippen molar-refractivity contribution in [2.75, 3.05) is 31.3 Å². The van der Waals surface area contributed by atoms with Crippen LogP contribution in [0.25, 0.3) is 0 Å². The van der Waals surface area contributed by atoms with E-state index in [9.17, 15) is 0 Å². The van der Waals surface area contributed by atoms with Crippen LogP contribution in [-0.4, -0.2) is 32.4 Å². The number of thioether (sulfide) groups is 1. The van der Waals surface area contributed by atoms with Crippen molar-refractivity contribution in [1.29, 1.82) is 0 Å². The van der Waals surface area contributed by atoms with Crippen molar-refractivity contribution in [1.82, 2.24) is 5.32 Å². The predicted octanol–water partition coefficient (Wildman–Crippen LogP) is 2.82. The molecule has 1 atom stereocenters. The summed E-state index contributed by atoms with van der Waals surface area (Å²) in [6, 6.07) is 5.32. The minimum absolute atomic E-state index is 0.655. The highest BCUT2D eigenvalue weighted by Crippen LogP contribution is 2.38. The molecular formula is C14H22N2S. The molecule has 94 valence electrons. The Morgan fingerprint density at radius 2 is 2.06 bits per heavy atom. The summed E-state index contributed by atoms with van der Waals surface area (Å²) in [5.41, 5.74) is 4.20. The third-order valence-electron chi connectivity index (χ3n) is 3.66. The zero-order chi connectivity index (χ0) is 12.4. The molecule has 0 amide bonds. The quantitative estimate of drug-likeness (QED) is 0.888. The molecule has 1 heterocycles. The summed E-state index contributed by atoms with van der Waals surface area (Å²) < 4.78 is 0. The highest BCUT2D eigenvalue weighted by Gasteiger charge is 2.23. The minimum atomic E-state index is 0.655. The Hall–Kier alpha value is -0.670. The molecular weight excluding hydrogens is 228 g/mol. The lowest BCUT2D eigenvalue weighted by Crippen LogP contribution is -2.38. The number of nitrogens with one attached hydrogen (secondary N) is 1. The van der Waals surface area contributed by atoms with Crippen molar-refractivity contribution in [3.05, 3.63) is 23.3 Å². The summed E-state index contributed by atoms with van der Waals surface area (Å²) in [6.07, 6.45) is 1.21. The topological polar surface area (TPSA) is 15.3 Å². The summed E-state index contributed by atoms with van der Waals surface area (Å²) in [5, 5.41) is 3.24. The molecule has 1 unspecified atom stereocenters. The van der Waals surface area contributed by atoms with Crippen molar-refractivity contribution in [3.63, 3.8) is 0 Å². The van der Waals surface area contributed by atoms with Gasteiger partial charge in [0.2, 0.25) is 0 Å². The van der Waals surface area contributed by atoms with E-state index < -0.39 is 0 Å². The number of nitrogens with zero attached hydrogens (tertiary/aromatic N) is 1. The van der Waals surface area contributed by atoms with E-state index in [1.54, 1.807) is 0 Å². The lowest BCUT2D eigenvalue weighted by Gasteiger charge is -2.36. The van der Waals surface area contributed by atoms with Crippen LogP contribution in [0.3, 0.4) is 0 Å². The van der Waals surface area contributed by atoms with Crippen LogP contribution in [0.2, 0.25) is 0 Å². The van der Waals surface area contributed by atoms with Gasteiger partial charge in [-0.15, -0.1) is 11.8 Å². The molecule has 1 aromatic carbocycles. The first kappa shape index (κ1) is 12.8. The van der Waals surface area contributed by atoms with E-state index in [4.69, 9.17) is 0 Å². The fraction of sp³-hybridized carbons (Fsp3) is 0.571. The maximum absolute atomic E-state index is 3.24. The second kappa shape index (κ2) is 5.32. The third-order valence-corrected chi connectivity index (χ3v) is 4.85. The largest absolute Gasteiger partial charge is 0.370 e. The van der Waals surface area contributed by atoms with Crippen LogP contribution in [0.15, 0.2) is 17.0 Å². The van der Waals surface area contributed by atoms with Gasteiger partial charge in [-0.05, 0) is 57.1 Å². The summed E-state index contributed by atoms with van der Waals surface area (Å²) in [4.78, 5) is 3.90. The second-order valence-corrected chi connectivity index (χ2v) is 5.93. The zero-order valence-electron chi connectivity index (χ0n) is 11.2. The first-order chi connectivity index (χ1) is 8.13. The number of benzene rings is 1. The highest BCUT2D eigenvalue weighted by atomic mass is 32.2. The molecule has 2 rings (SSSR count). The van der Waals surface area contributed by atoms with Crippen LogP contribution in [-0.2, 0) is 0 Å². The van der Waals surface area contributed by atoms with Crippen molar-refractivity contribution >= 4 is 17.4 Å². The smallest absolute Gasteiger partial charge is 0.0507 e. The van der Waals surface area contributed by atoms with Gasteiger partial charge in [0, 0.05) is 23.7 Å². The summed E-state index contributed by atoms with van der Waals surface area (Å²) in [7, 11) is 4.26. The number of aryl methyl sites for hydroxylation is 2. The fourth-order valence-corrected chi connectivity index (χ4v) is 3.62. The van der Waals surface area contributed by atoms with Crippen LogP contribution in [0.1, 0.15) is 17.5 Å². The zero-order valence-corrected chi connectivity index (χ0v) is 12.0. The highest BCUT2D eigenvalue weighted by molar-refractivity contribution is 7.99. The van der Waals surface area contributed by atoms with Gasteiger partial charge < -0.3 is 10.2 Å². The van der Waals surface area contributed by atoms with Gasteiger partial charge in [0.25, 0.3) is 0 Å². The SMILES string of the molecule is CNCCC1CSc2cc(C)c(C)cc2N1C. The fourth-order valence-electron chi connectivity index (χ4n) is 2.25. The average molecular weight is 250 g/mol. The van der Waals surface area contributed by atoms with Gasteiger partial charge in [0.1, 0.15) is 0 Å². The molecule has 0 saturated carbocycles. The number of anilines is 1. The molecule has 0 radical (unpaired) electrons. The van der Waals surface area contributed by atoms with Gasteiger partial charge >= 0.3 is 0 Å². The number of rotatable bonds is 3. The van der Waals surface area contributed by atoms with Crippen molar-refractivity contribution in [3.8, 4) is 0 Å². The molecule has 0 bridgehead atoms. The Balaban J connectivity index is 2.22. The molecule has 17 heavy (non-hydrogen) atoms. The standard InChI is InChI=1S/C14H22N2S/c1-10-7-13-14(8-11(10)2)17-9-12(16(13)4)5-6-15-3/h7-8,12,15H,5-6,9H2,1-4H3. The predicted molar refractivity (Wildman–Crippen MR) is 77.4 cm³/mol. The van der Waals surface area contributed by atoms with Gasteiger partial charge in [-0.3, -0.25) is 0 Å². The lowest BCUT2D eigenvalue weighted by atomic mass is 10.1. The normalized spacial score (nSPS) is 19.3. The average Bonchev–Trinajstić information content (AvgIpc) is 2.31. The number of fused-ring (bicyclic) bond motifs is 1. The maximum Gasteiger partial charge on any atom is 0.0507 e. The van der Waals surface area contributed by atoms with E-state index >= 15 is 0 Å². The van der Waals surface area contributed by atoms with Crippen LogP contribution < -0.4 is 10.2 Å². The van der Waals surface area contributed by atoms with Gasteiger partial charge in [-0.1, -0.05) is 0 Å². The monoisotopic (exact) mass is 250 g/mol. The first-order valence-electron chi connectivity index (χ1n) is 6.25. The van der Waals surface area contributed by atoms with E-state index in [-0.39, 0.29) is 0 Å². The summed E-state index contributed by atoms with van der Waals surface area (Å²) in [6.45, 7) is 5.49.